The number of hydrogen-bond acceptors (Lipinski definition) is 7. The van der Waals surface area contributed by atoms with Crippen LogP contribution in [0.1, 0.15) is 13.3 Å². The minimum Gasteiger partial charge on any atom is -0.453 e. The van der Waals surface area contributed by atoms with Crippen LogP contribution in [0.5, 0.6) is 0 Å². The van der Waals surface area contributed by atoms with Crippen molar-refractivity contribution in [3.63, 3.8) is 0 Å². The van der Waals surface area contributed by atoms with Gasteiger partial charge in [-0.2, -0.15) is 0 Å². The molecule has 122 valence electrons. The van der Waals surface area contributed by atoms with Gasteiger partial charge in [0, 0.05) is 5.75 Å². The van der Waals surface area contributed by atoms with Gasteiger partial charge >= 0.3 is 12.0 Å². The summed E-state index contributed by atoms with van der Waals surface area (Å²) in [5, 5.41) is 1.85. The number of imide groups is 1. The fraction of sp³-hybridized carbons (Fsp3) is 0.286. The summed E-state index contributed by atoms with van der Waals surface area (Å²) in [6, 6.07) is 6.81. The standard InChI is InChI=1S/C14H15N3O4S2/c1-8(12(19)17-13(15)20)21-11(18)6-7-22-14-16-9-4-2-3-5-10(9)23-14/h2-5,8H,6-7H2,1H3,(H3,15,17,19,20)/t8-/m0/s1. The van der Waals surface area contributed by atoms with Gasteiger partial charge in [-0.05, 0) is 19.1 Å². The number of para-hydroxylation sites is 1. The minimum atomic E-state index is -1.07. The number of nitrogens with zero attached hydrogens (tertiary/aromatic N) is 1. The van der Waals surface area contributed by atoms with Gasteiger partial charge in [-0.15, -0.1) is 11.3 Å². The number of esters is 1. The number of fused-ring (bicyclic) bond motifs is 1. The zero-order valence-corrected chi connectivity index (χ0v) is 13.9. The summed E-state index contributed by atoms with van der Waals surface area (Å²) in [7, 11) is 0. The molecule has 0 saturated heterocycles. The van der Waals surface area contributed by atoms with Crippen LogP contribution in [0.2, 0.25) is 0 Å². The predicted molar refractivity (Wildman–Crippen MR) is 88.2 cm³/mol. The van der Waals surface area contributed by atoms with Crippen LogP contribution in [0.25, 0.3) is 10.2 Å². The number of hydrogen-bond donors (Lipinski definition) is 2. The lowest BCUT2D eigenvalue weighted by Gasteiger charge is -2.11. The number of ether oxygens (including phenoxy) is 1. The van der Waals surface area contributed by atoms with E-state index in [9.17, 15) is 14.4 Å². The van der Waals surface area contributed by atoms with Gasteiger partial charge in [0.25, 0.3) is 5.91 Å². The molecule has 3 N–H and O–H groups in total. The van der Waals surface area contributed by atoms with Crippen LogP contribution in [-0.2, 0) is 14.3 Å². The first-order valence-electron chi connectivity index (χ1n) is 6.74. The summed E-state index contributed by atoms with van der Waals surface area (Å²) in [5.74, 6) is -0.779. The molecular formula is C14H15N3O4S2. The van der Waals surface area contributed by atoms with Gasteiger partial charge in [0.1, 0.15) is 0 Å². The van der Waals surface area contributed by atoms with E-state index in [0.717, 1.165) is 14.6 Å². The number of thioether (sulfide) groups is 1. The van der Waals surface area contributed by atoms with E-state index >= 15 is 0 Å². The molecule has 0 unspecified atom stereocenters. The average Bonchev–Trinajstić information content (AvgIpc) is 2.89. The van der Waals surface area contributed by atoms with Crippen molar-refractivity contribution in [1.82, 2.24) is 10.3 Å². The maximum atomic E-state index is 11.7. The second kappa shape index (κ2) is 7.93. The number of thiazole rings is 1. The molecule has 0 aliphatic carbocycles. The first-order valence-corrected chi connectivity index (χ1v) is 8.54. The van der Waals surface area contributed by atoms with E-state index in [1.807, 2.05) is 29.6 Å². The molecule has 23 heavy (non-hydrogen) atoms. The second-order valence-electron chi connectivity index (χ2n) is 4.53. The number of amides is 3. The van der Waals surface area contributed by atoms with Crippen LogP contribution in [0.15, 0.2) is 28.6 Å². The smallest absolute Gasteiger partial charge is 0.318 e. The fourth-order valence-electron chi connectivity index (χ4n) is 1.67. The average molecular weight is 353 g/mol. The van der Waals surface area contributed by atoms with Crippen molar-refractivity contribution in [3.8, 4) is 0 Å². The molecule has 0 saturated carbocycles. The third kappa shape index (κ3) is 5.22. The van der Waals surface area contributed by atoms with E-state index < -0.39 is 24.0 Å². The molecule has 1 aromatic heterocycles. The van der Waals surface area contributed by atoms with Crippen LogP contribution >= 0.6 is 23.1 Å². The molecule has 2 aromatic rings. The molecule has 0 aliphatic rings. The molecule has 9 heteroatoms. The van der Waals surface area contributed by atoms with Crippen molar-refractivity contribution in [1.29, 1.82) is 0 Å². The van der Waals surface area contributed by atoms with Gasteiger partial charge in [-0.3, -0.25) is 14.9 Å². The summed E-state index contributed by atoms with van der Waals surface area (Å²) in [4.78, 5) is 38.0. The number of carbonyl (C=O) groups excluding carboxylic acids is 3. The first kappa shape index (κ1) is 17.2. The third-order valence-corrected chi connectivity index (χ3v) is 4.91. The van der Waals surface area contributed by atoms with Crippen molar-refractivity contribution in [3.05, 3.63) is 24.3 Å². The number of carbonyl (C=O) groups is 3. The summed E-state index contributed by atoms with van der Waals surface area (Å²) in [6.07, 6.45) is -0.933. The Morgan fingerprint density at radius 3 is 2.83 bits per heavy atom. The molecule has 0 aliphatic heterocycles. The fourth-order valence-corrected chi connectivity index (χ4v) is 3.73. The van der Waals surface area contributed by atoms with E-state index in [1.54, 1.807) is 11.3 Å². The Bertz CT molecular complexity index is 699. The monoisotopic (exact) mass is 353 g/mol. The van der Waals surface area contributed by atoms with Gasteiger partial charge < -0.3 is 10.5 Å². The van der Waals surface area contributed by atoms with E-state index in [2.05, 4.69) is 4.98 Å². The highest BCUT2D eigenvalue weighted by Gasteiger charge is 2.18. The summed E-state index contributed by atoms with van der Waals surface area (Å²) < 4.78 is 6.89. The second-order valence-corrected chi connectivity index (χ2v) is 6.90. The number of benzene rings is 1. The highest BCUT2D eigenvalue weighted by molar-refractivity contribution is 8.01. The van der Waals surface area contributed by atoms with Gasteiger partial charge in [0.2, 0.25) is 0 Å². The van der Waals surface area contributed by atoms with Crippen molar-refractivity contribution >= 4 is 51.2 Å². The lowest BCUT2D eigenvalue weighted by atomic mass is 10.3. The van der Waals surface area contributed by atoms with E-state index in [0.29, 0.717) is 5.75 Å². The van der Waals surface area contributed by atoms with E-state index in [4.69, 9.17) is 10.5 Å². The van der Waals surface area contributed by atoms with Gasteiger partial charge in [-0.25, -0.2) is 9.78 Å². The number of nitrogens with one attached hydrogen (secondary N) is 1. The Hall–Kier alpha value is -2.13. The van der Waals surface area contributed by atoms with Gasteiger partial charge in [0.05, 0.1) is 16.6 Å². The number of urea groups is 1. The zero-order valence-electron chi connectivity index (χ0n) is 12.3. The van der Waals surface area contributed by atoms with Crippen LogP contribution in [0.3, 0.4) is 0 Å². The highest BCUT2D eigenvalue weighted by atomic mass is 32.2. The van der Waals surface area contributed by atoms with Gasteiger partial charge in [0.15, 0.2) is 10.4 Å². The molecule has 0 radical (unpaired) electrons. The molecule has 0 bridgehead atoms. The normalized spacial score (nSPS) is 11.9. The highest BCUT2D eigenvalue weighted by Crippen LogP contribution is 2.29. The Balaban J connectivity index is 1.76. The van der Waals surface area contributed by atoms with Crippen LogP contribution in [0, 0.1) is 0 Å². The summed E-state index contributed by atoms with van der Waals surface area (Å²) in [6.45, 7) is 1.37. The Morgan fingerprint density at radius 2 is 2.13 bits per heavy atom. The SMILES string of the molecule is C[C@H](OC(=O)CCSc1nc2ccccc2s1)C(=O)NC(N)=O. The van der Waals surface area contributed by atoms with E-state index in [-0.39, 0.29) is 6.42 Å². The minimum absolute atomic E-state index is 0.134. The zero-order chi connectivity index (χ0) is 16.8. The largest absolute Gasteiger partial charge is 0.453 e. The molecule has 2 rings (SSSR count). The lowest BCUT2D eigenvalue weighted by molar-refractivity contribution is -0.154. The Labute approximate surface area is 140 Å². The van der Waals surface area contributed by atoms with Crippen LogP contribution in [0.4, 0.5) is 4.79 Å². The van der Waals surface area contributed by atoms with E-state index in [1.165, 1.54) is 18.7 Å². The third-order valence-electron chi connectivity index (χ3n) is 2.73. The first-order chi connectivity index (χ1) is 11.0. The van der Waals surface area contributed by atoms with Crippen molar-refractivity contribution in [2.75, 3.05) is 5.75 Å². The Kier molecular flexibility index (Phi) is 5.94. The van der Waals surface area contributed by atoms with Crippen molar-refractivity contribution in [2.45, 2.75) is 23.8 Å². The van der Waals surface area contributed by atoms with Gasteiger partial charge in [-0.1, -0.05) is 23.9 Å². The summed E-state index contributed by atoms with van der Waals surface area (Å²) in [5.41, 5.74) is 5.75. The van der Waals surface area contributed by atoms with Crippen molar-refractivity contribution < 1.29 is 19.1 Å². The topological polar surface area (TPSA) is 111 Å². The molecule has 3 amide bonds. The number of aromatic nitrogens is 1. The summed E-state index contributed by atoms with van der Waals surface area (Å²) >= 11 is 3.01. The molecule has 7 nitrogen and oxygen atoms in total. The van der Waals surface area contributed by atoms with Crippen LogP contribution in [-0.4, -0.2) is 34.7 Å². The molecule has 1 heterocycles. The lowest BCUT2D eigenvalue weighted by Crippen LogP contribution is -2.42. The maximum Gasteiger partial charge on any atom is 0.318 e. The Morgan fingerprint density at radius 1 is 1.39 bits per heavy atom. The maximum absolute atomic E-state index is 11.7. The van der Waals surface area contributed by atoms with Crippen molar-refractivity contribution in [2.24, 2.45) is 5.73 Å². The quantitative estimate of drug-likeness (QED) is 0.606. The molecule has 1 aromatic carbocycles. The number of rotatable bonds is 6. The predicted octanol–water partition coefficient (Wildman–Crippen LogP) is 1.91. The van der Waals surface area contributed by atoms with Crippen LogP contribution < -0.4 is 11.1 Å². The number of primary amides is 1. The molecule has 0 spiro atoms. The number of nitrogens with two attached hydrogens (primary N) is 1. The molecular weight excluding hydrogens is 338 g/mol. The molecule has 1 atom stereocenters. The molecule has 0 fully saturated rings.